The van der Waals surface area contributed by atoms with E-state index >= 15 is 0 Å². The molecule has 15 heavy (non-hydrogen) atoms. The van der Waals surface area contributed by atoms with Gasteiger partial charge in [-0.3, -0.25) is 0 Å². The summed E-state index contributed by atoms with van der Waals surface area (Å²) in [6.07, 6.45) is 1.42. The van der Waals surface area contributed by atoms with Crippen molar-refractivity contribution < 1.29 is 9.84 Å². The molecule has 0 heterocycles. The Morgan fingerprint density at radius 1 is 1.47 bits per heavy atom. The Kier molecular flexibility index (Phi) is 3.80. The smallest absolute Gasteiger partial charge is 0.0715 e. The topological polar surface area (TPSA) is 41.5 Å². The average Bonchev–Trinajstić information content (AvgIpc) is 2.08. The standard InChI is InChI=1S/C12H25NO2/c1-6-15-10-7-9(12(10,4)5)13-8-11(2,3)14/h9-10,13-14H,6-8H2,1-5H3. The van der Waals surface area contributed by atoms with Crippen molar-refractivity contribution in [3.63, 3.8) is 0 Å². The first-order valence-electron chi connectivity index (χ1n) is 5.84. The molecule has 0 spiro atoms. The van der Waals surface area contributed by atoms with Gasteiger partial charge in [-0.15, -0.1) is 0 Å². The summed E-state index contributed by atoms with van der Waals surface area (Å²) in [5, 5.41) is 13.0. The summed E-state index contributed by atoms with van der Waals surface area (Å²) in [4.78, 5) is 0. The highest BCUT2D eigenvalue weighted by Crippen LogP contribution is 2.42. The first-order chi connectivity index (χ1) is 6.77. The van der Waals surface area contributed by atoms with Crippen LogP contribution in [0.15, 0.2) is 0 Å². The third kappa shape index (κ3) is 3.16. The van der Waals surface area contributed by atoms with Gasteiger partial charge in [0.2, 0.25) is 0 Å². The Bertz CT molecular complexity index is 208. The largest absolute Gasteiger partial charge is 0.389 e. The van der Waals surface area contributed by atoms with E-state index in [0.717, 1.165) is 13.0 Å². The van der Waals surface area contributed by atoms with Crippen LogP contribution in [-0.2, 0) is 4.74 Å². The van der Waals surface area contributed by atoms with Crippen molar-refractivity contribution in [2.24, 2.45) is 5.41 Å². The van der Waals surface area contributed by atoms with E-state index in [2.05, 4.69) is 19.2 Å². The third-order valence-corrected chi connectivity index (χ3v) is 3.33. The summed E-state index contributed by atoms with van der Waals surface area (Å²) < 4.78 is 5.65. The van der Waals surface area contributed by atoms with Crippen molar-refractivity contribution >= 4 is 0 Å². The highest BCUT2D eigenvalue weighted by Gasteiger charge is 2.48. The van der Waals surface area contributed by atoms with Crippen molar-refractivity contribution in [2.45, 2.75) is 58.8 Å². The van der Waals surface area contributed by atoms with E-state index in [1.54, 1.807) is 0 Å². The second kappa shape index (κ2) is 4.40. The molecule has 0 aliphatic heterocycles. The van der Waals surface area contributed by atoms with E-state index in [4.69, 9.17) is 4.74 Å². The number of aliphatic hydroxyl groups is 1. The van der Waals surface area contributed by atoms with Crippen molar-refractivity contribution in [3.8, 4) is 0 Å². The van der Waals surface area contributed by atoms with E-state index in [-0.39, 0.29) is 5.41 Å². The second-order valence-electron chi connectivity index (χ2n) is 5.75. The molecule has 0 radical (unpaired) electrons. The van der Waals surface area contributed by atoms with Gasteiger partial charge < -0.3 is 15.2 Å². The molecule has 1 aliphatic carbocycles. The first-order valence-corrected chi connectivity index (χ1v) is 5.84. The molecule has 1 rings (SSSR count). The summed E-state index contributed by atoms with van der Waals surface area (Å²) in [5.41, 5.74) is -0.450. The molecule has 0 aromatic heterocycles. The Morgan fingerprint density at radius 3 is 2.47 bits per heavy atom. The number of hydrogen-bond acceptors (Lipinski definition) is 3. The van der Waals surface area contributed by atoms with Crippen LogP contribution in [0.4, 0.5) is 0 Å². The quantitative estimate of drug-likeness (QED) is 0.731. The molecule has 0 bridgehead atoms. The lowest BCUT2D eigenvalue weighted by molar-refractivity contribution is -0.117. The van der Waals surface area contributed by atoms with Crippen LogP contribution in [0.2, 0.25) is 0 Å². The second-order valence-corrected chi connectivity index (χ2v) is 5.75. The van der Waals surface area contributed by atoms with Crippen LogP contribution < -0.4 is 5.32 Å². The maximum Gasteiger partial charge on any atom is 0.0715 e. The van der Waals surface area contributed by atoms with Crippen molar-refractivity contribution in [3.05, 3.63) is 0 Å². The van der Waals surface area contributed by atoms with Crippen LogP contribution in [0, 0.1) is 5.41 Å². The number of nitrogens with one attached hydrogen (secondary N) is 1. The molecule has 0 aromatic carbocycles. The van der Waals surface area contributed by atoms with Gasteiger partial charge in [-0.1, -0.05) is 13.8 Å². The number of ether oxygens (including phenoxy) is 1. The Labute approximate surface area is 93.2 Å². The van der Waals surface area contributed by atoms with E-state index in [9.17, 15) is 5.11 Å². The summed E-state index contributed by atoms with van der Waals surface area (Å²) >= 11 is 0. The fourth-order valence-corrected chi connectivity index (χ4v) is 2.09. The fraction of sp³-hybridized carbons (Fsp3) is 1.00. The van der Waals surface area contributed by atoms with E-state index in [1.807, 2.05) is 20.8 Å². The van der Waals surface area contributed by atoms with Gasteiger partial charge in [-0.25, -0.2) is 0 Å². The Balaban J connectivity index is 2.35. The lowest BCUT2D eigenvalue weighted by Gasteiger charge is -2.52. The molecule has 2 atom stereocenters. The highest BCUT2D eigenvalue weighted by atomic mass is 16.5. The van der Waals surface area contributed by atoms with E-state index < -0.39 is 5.60 Å². The van der Waals surface area contributed by atoms with Crippen molar-refractivity contribution in [1.29, 1.82) is 0 Å². The van der Waals surface area contributed by atoms with Gasteiger partial charge in [0.1, 0.15) is 0 Å². The average molecular weight is 215 g/mol. The van der Waals surface area contributed by atoms with Crippen LogP contribution in [0.5, 0.6) is 0 Å². The van der Waals surface area contributed by atoms with Crippen LogP contribution in [0.3, 0.4) is 0 Å². The molecule has 0 amide bonds. The van der Waals surface area contributed by atoms with Gasteiger partial charge in [0.15, 0.2) is 0 Å². The zero-order valence-corrected chi connectivity index (χ0v) is 10.6. The predicted octanol–water partition coefficient (Wildman–Crippen LogP) is 1.55. The van der Waals surface area contributed by atoms with Gasteiger partial charge in [0, 0.05) is 24.6 Å². The van der Waals surface area contributed by atoms with Gasteiger partial charge in [0.05, 0.1) is 11.7 Å². The molecular weight excluding hydrogens is 190 g/mol. The molecule has 2 unspecified atom stereocenters. The number of rotatable bonds is 5. The summed E-state index contributed by atoms with van der Waals surface area (Å²) in [6.45, 7) is 11.6. The SMILES string of the molecule is CCOC1CC(NCC(C)(C)O)C1(C)C. The molecule has 0 aromatic rings. The molecule has 3 heteroatoms. The summed E-state index contributed by atoms with van der Waals surface area (Å²) in [7, 11) is 0. The maximum absolute atomic E-state index is 9.63. The van der Waals surface area contributed by atoms with Crippen LogP contribution in [0.1, 0.15) is 41.0 Å². The van der Waals surface area contributed by atoms with Crippen LogP contribution in [0.25, 0.3) is 0 Å². The van der Waals surface area contributed by atoms with Gasteiger partial charge in [0.25, 0.3) is 0 Å². The van der Waals surface area contributed by atoms with Crippen molar-refractivity contribution in [1.82, 2.24) is 5.32 Å². The summed E-state index contributed by atoms with van der Waals surface area (Å²) in [5.74, 6) is 0. The van der Waals surface area contributed by atoms with Gasteiger partial charge >= 0.3 is 0 Å². The normalized spacial score (nSPS) is 30.0. The van der Waals surface area contributed by atoms with E-state index in [0.29, 0.717) is 18.7 Å². The lowest BCUT2D eigenvalue weighted by atomic mass is 9.64. The Hall–Kier alpha value is -0.120. The molecule has 3 nitrogen and oxygen atoms in total. The van der Waals surface area contributed by atoms with Crippen molar-refractivity contribution in [2.75, 3.05) is 13.2 Å². The van der Waals surface area contributed by atoms with E-state index in [1.165, 1.54) is 0 Å². The Morgan fingerprint density at radius 2 is 2.07 bits per heavy atom. The molecule has 1 saturated carbocycles. The lowest BCUT2D eigenvalue weighted by Crippen LogP contribution is -2.62. The molecule has 1 fully saturated rings. The third-order valence-electron chi connectivity index (χ3n) is 3.33. The minimum absolute atomic E-state index is 0.182. The highest BCUT2D eigenvalue weighted by molar-refractivity contribution is 5.03. The molecule has 2 N–H and O–H groups in total. The molecular formula is C12H25NO2. The first kappa shape index (κ1) is 12.9. The van der Waals surface area contributed by atoms with Gasteiger partial charge in [-0.05, 0) is 27.2 Å². The molecule has 0 saturated heterocycles. The molecule has 1 aliphatic rings. The number of hydrogen-bond donors (Lipinski definition) is 2. The minimum atomic E-state index is -0.632. The zero-order valence-electron chi connectivity index (χ0n) is 10.6. The zero-order chi connectivity index (χ0) is 11.7. The fourth-order valence-electron chi connectivity index (χ4n) is 2.09. The van der Waals surface area contributed by atoms with Gasteiger partial charge in [-0.2, -0.15) is 0 Å². The predicted molar refractivity (Wildman–Crippen MR) is 61.9 cm³/mol. The monoisotopic (exact) mass is 215 g/mol. The molecule has 90 valence electrons. The maximum atomic E-state index is 9.63. The van der Waals surface area contributed by atoms with Crippen LogP contribution in [-0.4, -0.2) is 36.0 Å². The van der Waals surface area contributed by atoms with Crippen LogP contribution >= 0.6 is 0 Å². The minimum Gasteiger partial charge on any atom is -0.389 e. The summed E-state index contributed by atoms with van der Waals surface area (Å²) in [6, 6.07) is 0.459.